The molecule has 0 spiro atoms. The van der Waals surface area contributed by atoms with E-state index in [1.54, 1.807) is 0 Å². The van der Waals surface area contributed by atoms with Gasteiger partial charge in [0.25, 0.3) is 0 Å². The number of carbonyl (C=O) groups is 1. The number of ether oxygens (including phenoxy) is 1. The molecule has 0 heterocycles. The Labute approximate surface area is 101 Å². The molecule has 2 heteroatoms. The molecule has 0 radical (unpaired) electrons. The van der Waals surface area contributed by atoms with Crippen LogP contribution in [0.25, 0.3) is 0 Å². The second-order valence-electron chi connectivity index (χ2n) is 4.60. The third kappa shape index (κ3) is 4.54. The molecule has 0 fully saturated rings. The Bertz CT molecular complexity index is 191. The van der Waals surface area contributed by atoms with Crippen molar-refractivity contribution >= 4 is 5.97 Å². The van der Waals surface area contributed by atoms with Gasteiger partial charge in [0.05, 0.1) is 0 Å². The van der Waals surface area contributed by atoms with E-state index in [9.17, 15) is 4.79 Å². The maximum absolute atomic E-state index is 11.5. The molecule has 96 valence electrons. The van der Waals surface area contributed by atoms with Crippen molar-refractivity contribution in [1.82, 2.24) is 0 Å². The minimum Gasteiger partial charge on any atom is -0.459 e. The fourth-order valence-corrected chi connectivity index (χ4v) is 2.14. The Morgan fingerprint density at radius 2 is 1.56 bits per heavy atom. The molecule has 0 aromatic rings. The number of hydrogen-bond donors (Lipinski definition) is 0. The molecule has 0 aromatic heterocycles. The van der Waals surface area contributed by atoms with Gasteiger partial charge in [-0.1, -0.05) is 47.5 Å². The monoisotopic (exact) mass is 228 g/mol. The lowest BCUT2D eigenvalue weighted by atomic mass is 9.83. The van der Waals surface area contributed by atoms with Gasteiger partial charge in [-0.05, 0) is 25.2 Å². The predicted molar refractivity (Wildman–Crippen MR) is 68.4 cm³/mol. The van der Waals surface area contributed by atoms with Crippen LogP contribution in [-0.4, -0.2) is 11.6 Å². The molecule has 0 atom stereocenters. The highest BCUT2D eigenvalue weighted by molar-refractivity contribution is 5.69. The van der Waals surface area contributed by atoms with Crippen LogP contribution in [0, 0.1) is 5.92 Å². The third-order valence-corrected chi connectivity index (χ3v) is 3.72. The first-order chi connectivity index (χ1) is 7.57. The summed E-state index contributed by atoms with van der Waals surface area (Å²) in [4.78, 5) is 11.5. The average Bonchev–Trinajstić information content (AvgIpc) is 2.34. The summed E-state index contributed by atoms with van der Waals surface area (Å²) in [5.74, 6) is 0.610. The first kappa shape index (κ1) is 15.5. The molecule has 2 nitrogen and oxygen atoms in total. The Morgan fingerprint density at radius 1 is 1.06 bits per heavy atom. The standard InChI is InChI=1S/C14H28O2/c1-6-12(7-2)11-14(9-4,10-5)16-13(15)8-3/h12H,6-11H2,1-5H3. The van der Waals surface area contributed by atoms with E-state index in [-0.39, 0.29) is 11.6 Å². The number of rotatable bonds is 8. The molecule has 0 amide bonds. The zero-order chi connectivity index (χ0) is 12.6. The molecule has 0 saturated heterocycles. The van der Waals surface area contributed by atoms with E-state index in [1.165, 1.54) is 12.8 Å². The highest BCUT2D eigenvalue weighted by atomic mass is 16.6. The molecule has 0 aliphatic heterocycles. The van der Waals surface area contributed by atoms with Gasteiger partial charge in [-0.3, -0.25) is 4.79 Å². The van der Waals surface area contributed by atoms with Crippen LogP contribution in [0.15, 0.2) is 0 Å². The van der Waals surface area contributed by atoms with E-state index in [0.29, 0.717) is 12.3 Å². The normalized spacial score (nSPS) is 11.9. The van der Waals surface area contributed by atoms with Crippen LogP contribution in [0.3, 0.4) is 0 Å². The zero-order valence-electron chi connectivity index (χ0n) is 11.6. The first-order valence-electron chi connectivity index (χ1n) is 6.79. The van der Waals surface area contributed by atoms with Crippen molar-refractivity contribution in [3.63, 3.8) is 0 Å². The van der Waals surface area contributed by atoms with E-state index >= 15 is 0 Å². The van der Waals surface area contributed by atoms with Gasteiger partial charge < -0.3 is 4.74 Å². The summed E-state index contributed by atoms with van der Waals surface area (Å²) in [6, 6.07) is 0. The largest absolute Gasteiger partial charge is 0.459 e. The molecule has 0 saturated carbocycles. The third-order valence-electron chi connectivity index (χ3n) is 3.72. The minimum absolute atomic E-state index is 0.0605. The van der Waals surface area contributed by atoms with Crippen LogP contribution in [0.4, 0.5) is 0 Å². The van der Waals surface area contributed by atoms with Crippen molar-refractivity contribution in [2.75, 3.05) is 0 Å². The Morgan fingerprint density at radius 3 is 1.88 bits per heavy atom. The summed E-state index contributed by atoms with van der Waals surface area (Å²) in [6.45, 7) is 10.5. The van der Waals surface area contributed by atoms with Gasteiger partial charge in [-0.25, -0.2) is 0 Å². The second kappa shape index (κ2) is 7.70. The van der Waals surface area contributed by atoms with Crippen LogP contribution in [0.2, 0.25) is 0 Å². The van der Waals surface area contributed by atoms with Crippen LogP contribution < -0.4 is 0 Å². The van der Waals surface area contributed by atoms with Crippen molar-refractivity contribution in [2.24, 2.45) is 5.92 Å². The SMILES string of the molecule is CCC(=O)OC(CC)(CC)CC(CC)CC. The predicted octanol–water partition coefficient (Wildman–Crippen LogP) is 4.32. The van der Waals surface area contributed by atoms with Gasteiger partial charge in [0.1, 0.15) is 5.60 Å². The lowest BCUT2D eigenvalue weighted by Gasteiger charge is -2.34. The van der Waals surface area contributed by atoms with Gasteiger partial charge in [0.15, 0.2) is 0 Å². The van der Waals surface area contributed by atoms with Crippen LogP contribution in [0.1, 0.15) is 73.1 Å². The van der Waals surface area contributed by atoms with Gasteiger partial charge >= 0.3 is 5.97 Å². The zero-order valence-corrected chi connectivity index (χ0v) is 11.6. The lowest BCUT2D eigenvalue weighted by molar-refractivity contribution is -0.162. The van der Waals surface area contributed by atoms with E-state index < -0.39 is 0 Å². The average molecular weight is 228 g/mol. The molecule has 16 heavy (non-hydrogen) atoms. The summed E-state index contributed by atoms with van der Waals surface area (Å²) >= 11 is 0. The summed E-state index contributed by atoms with van der Waals surface area (Å²) in [5.41, 5.74) is -0.218. The van der Waals surface area contributed by atoms with Gasteiger partial charge in [0.2, 0.25) is 0 Å². The summed E-state index contributed by atoms with van der Waals surface area (Å²) in [7, 11) is 0. The minimum atomic E-state index is -0.218. The molecule has 0 unspecified atom stereocenters. The maximum atomic E-state index is 11.5. The molecule has 0 bridgehead atoms. The van der Waals surface area contributed by atoms with Crippen molar-refractivity contribution in [3.05, 3.63) is 0 Å². The molecular weight excluding hydrogens is 200 g/mol. The maximum Gasteiger partial charge on any atom is 0.306 e. The van der Waals surface area contributed by atoms with Gasteiger partial charge in [0, 0.05) is 6.42 Å². The number of esters is 1. The van der Waals surface area contributed by atoms with E-state index in [4.69, 9.17) is 4.74 Å². The van der Waals surface area contributed by atoms with Crippen LogP contribution >= 0.6 is 0 Å². The Balaban J connectivity index is 4.59. The van der Waals surface area contributed by atoms with Gasteiger partial charge in [-0.15, -0.1) is 0 Å². The fourth-order valence-electron chi connectivity index (χ4n) is 2.14. The molecule has 0 aliphatic carbocycles. The van der Waals surface area contributed by atoms with E-state index in [1.807, 2.05) is 6.92 Å². The van der Waals surface area contributed by atoms with E-state index in [2.05, 4.69) is 27.7 Å². The van der Waals surface area contributed by atoms with Crippen LogP contribution in [0.5, 0.6) is 0 Å². The number of hydrogen-bond acceptors (Lipinski definition) is 2. The molecule has 0 aromatic carbocycles. The van der Waals surface area contributed by atoms with Gasteiger partial charge in [-0.2, -0.15) is 0 Å². The van der Waals surface area contributed by atoms with Crippen molar-refractivity contribution in [3.8, 4) is 0 Å². The van der Waals surface area contributed by atoms with Crippen LogP contribution in [-0.2, 0) is 9.53 Å². The lowest BCUT2D eigenvalue weighted by Crippen LogP contribution is -2.36. The fraction of sp³-hybridized carbons (Fsp3) is 0.929. The molecule has 0 N–H and O–H groups in total. The molecular formula is C14H28O2. The Hall–Kier alpha value is -0.530. The van der Waals surface area contributed by atoms with Crippen molar-refractivity contribution in [2.45, 2.75) is 78.7 Å². The Kier molecular flexibility index (Phi) is 7.44. The highest BCUT2D eigenvalue weighted by Gasteiger charge is 2.32. The highest BCUT2D eigenvalue weighted by Crippen LogP contribution is 2.31. The van der Waals surface area contributed by atoms with E-state index in [0.717, 1.165) is 19.3 Å². The summed E-state index contributed by atoms with van der Waals surface area (Å²) < 4.78 is 5.68. The quantitative estimate of drug-likeness (QED) is 0.578. The summed E-state index contributed by atoms with van der Waals surface area (Å²) in [5, 5.41) is 0. The second-order valence-corrected chi connectivity index (χ2v) is 4.60. The smallest absolute Gasteiger partial charge is 0.306 e. The summed E-state index contributed by atoms with van der Waals surface area (Å²) in [6.07, 6.45) is 5.67. The topological polar surface area (TPSA) is 26.3 Å². The molecule has 0 aliphatic rings. The first-order valence-corrected chi connectivity index (χ1v) is 6.79. The number of carbonyl (C=O) groups excluding carboxylic acids is 1. The van der Waals surface area contributed by atoms with Crippen molar-refractivity contribution < 1.29 is 9.53 Å². The van der Waals surface area contributed by atoms with Crippen molar-refractivity contribution in [1.29, 1.82) is 0 Å². The molecule has 0 rings (SSSR count).